The lowest BCUT2D eigenvalue weighted by Gasteiger charge is -2.44. The van der Waals surface area contributed by atoms with Crippen LogP contribution in [0.2, 0.25) is 0 Å². The van der Waals surface area contributed by atoms with Gasteiger partial charge >= 0.3 is 0 Å². The van der Waals surface area contributed by atoms with E-state index in [-0.39, 0.29) is 5.41 Å². The first-order chi connectivity index (χ1) is 9.62. The van der Waals surface area contributed by atoms with Gasteiger partial charge < -0.3 is 10.6 Å². The van der Waals surface area contributed by atoms with Crippen molar-refractivity contribution in [2.75, 3.05) is 13.1 Å². The van der Waals surface area contributed by atoms with Crippen LogP contribution in [0.15, 0.2) is 0 Å². The maximum Gasteiger partial charge on any atom is 0.228 e. The number of carbonyl (C=O) groups excluding carboxylic acids is 1. The van der Waals surface area contributed by atoms with Gasteiger partial charge in [0.15, 0.2) is 0 Å². The van der Waals surface area contributed by atoms with Gasteiger partial charge in [0.05, 0.1) is 0 Å². The van der Waals surface area contributed by atoms with E-state index >= 15 is 0 Å². The van der Waals surface area contributed by atoms with E-state index in [2.05, 4.69) is 18.7 Å². The maximum absolute atomic E-state index is 13.1. The third kappa shape index (κ3) is 3.19. The van der Waals surface area contributed by atoms with Crippen LogP contribution in [0.25, 0.3) is 0 Å². The van der Waals surface area contributed by atoms with Gasteiger partial charge in [-0.15, -0.1) is 0 Å². The molecule has 2 saturated carbocycles. The van der Waals surface area contributed by atoms with E-state index in [1.807, 2.05) is 0 Å². The summed E-state index contributed by atoms with van der Waals surface area (Å²) in [5, 5.41) is 0. The molecule has 2 atom stereocenters. The Morgan fingerprint density at radius 2 is 1.80 bits per heavy atom. The van der Waals surface area contributed by atoms with Crippen LogP contribution in [-0.4, -0.2) is 29.9 Å². The van der Waals surface area contributed by atoms with E-state index in [0.29, 0.717) is 17.9 Å². The van der Waals surface area contributed by atoms with Crippen LogP contribution in [-0.2, 0) is 4.79 Å². The molecule has 0 aromatic rings. The summed E-state index contributed by atoms with van der Waals surface area (Å²) in [5.74, 6) is 0.921. The van der Waals surface area contributed by atoms with Gasteiger partial charge in [0.25, 0.3) is 0 Å². The summed E-state index contributed by atoms with van der Waals surface area (Å²) in [6, 6.07) is 0.394. The first-order valence-corrected chi connectivity index (χ1v) is 8.63. The van der Waals surface area contributed by atoms with E-state index in [1.54, 1.807) is 0 Å². The molecule has 2 aliphatic carbocycles. The molecular formula is C17H32N2O. The molecule has 3 heteroatoms. The van der Waals surface area contributed by atoms with Gasteiger partial charge in [0.2, 0.25) is 5.91 Å². The Morgan fingerprint density at radius 3 is 2.40 bits per heavy atom. The molecule has 2 N–H and O–H groups in total. The average Bonchev–Trinajstić information content (AvgIpc) is 2.49. The molecule has 0 aromatic carbocycles. The van der Waals surface area contributed by atoms with E-state index < -0.39 is 0 Å². The van der Waals surface area contributed by atoms with Crippen molar-refractivity contribution in [1.29, 1.82) is 0 Å². The quantitative estimate of drug-likeness (QED) is 0.858. The zero-order chi connectivity index (χ0) is 14.6. The average molecular weight is 280 g/mol. The van der Waals surface area contributed by atoms with Crippen LogP contribution >= 0.6 is 0 Å². The number of carbonyl (C=O) groups is 1. The summed E-state index contributed by atoms with van der Waals surface area (Å²) in [5.41, 5.74) is 5.85. The number of rotatable bonds is 4. The number of amides is 1. The third-order valence-corrected chi connectivity index (χ3v) is 5.65. The van der Waals surface area contributed by atoms with Gasteiger partial charge in [-0.25, -0.2) is 0 Å². The van der Waals surface area contributed by atoms with E-state index in [0.717, 1.165) is 32.4 Å². The molecule has 0 saturated heterocycles. The molecule has 0 aromatic heterocycles. The Kier molecular flexibility index (Phi) is 5.48. The van der Waals surface area contributed by atoms with E-state index in [4.69, 9.17) is 5.73 Å². The Bertz CT molecular complexity index is 323. The van der Waals surface area contributed by atoms with Crippen molar-refractivity contribution in [3.8, 4) is 0 Å². The number of nitrogens with two attached hydrogens (primary N) is 1. The highest BCUT2D eigenvalue weighted by molar-refractivity contribution is 5.82. The number of nitrogens with zero attached hydrogens (tertiary/aromatic N) is 1. The molecule has 20 heavy (non-hydrogen) atoms. The molecule has 0 heterocycles. The Morgan fingerprint density at radius 1 is 1.15 bits per heavy atom. The highest BCUT2D eigenvalue weighted by Crippen LogP contribution is 2.39. The summed E-state index contributed by atoms with van der Waals surface area (Å²) in [4.78, 5) is 15.3. The first-order valence-electron chi connectivity index (χ1n) is 8.63. The second-order valence-corrected chi connectivity index (χ2v) is 7.06. The van der Waals surface area contributed by atoms with Crippen molar-refractivity contribution in [3.05, 3.63) is 0 Å². The van der Waals surface area contributed by atoms with Gasteiger partial charge in [-0.2, -0.15) is 0 Å². The molecule has 116 valence electrons. The Balaban J connectivity index is 2.11. The molecule has 0 aliphatic heterocycles. The highest BCUT2D eigenvalue weighted by Gasteiger charge is 2.41. The van der Waals surface area contributed by atoms with E-state index in [1.165, 1.54) is 38.5 Å². The fraction of sp³-hybridized carbons (Fsp3) is 0.941. The monoisotopic (exact) mass is 280 g/mol. The molecule has 2 fully saturated rings. The Hall–Kier alpha value is -0.570. The summed E-state index contributed by atoms with van der Waals surface area (Å²) < 4.78 is 0. The van der Waals surface area contributed by atoms with Gasteiger partial charge in [-0.05, 0) is 45.1 Å². The van der Waals surface area contributed by atoms with Crippen LogP contribution in [0.3, 0.4) is 0 Å². The second kappa shape index (κ2) is 6.93. The third-order valence-electron chi connectivity index (χ3n) is 5.65. The van der Waals surface area contributed by atoms with Gasteiger partial charge in [-0.3, -0.25) is 4.79 Å². The molecular weight excluding hydrogens is 248 g/mol. The SMILES string of the molecule is CCN(C(=O)C1(C)CCCCC1)C1CCCCC1CN. The van der Waals surface area contributed by atoms with Crippen molar-refractivity contribution in [1.82, 2.24) is 4.90 Å². The molecule has 0 radical (unpaired) electrons. The maximum atomic E-state index is 13.1. The summed E-state index contributed by atoms with van der Waals surface area (Å²) in [6.45, 7) is 5.89. The topological polar surface area (TPSA) is 46.3 Å². The molecule has 2 rings (SSSR count). The second-order valence-electron chi connectivity index (χ2n) is 7.06. The smallest absolute Gasteiger partial charge is 0.228 e. The fourth-order valence-corrected chi connectivity index (χ4v) is 4.29. The normalized spacial score (nSPS) is 29.9. The summed E-state index contributed by atoms with van der Waals surface area (Å²) in [7, 11) is 0. The zero-order valence-electron chi connectivity index (χ0n) is 13.4. The zero-order valence-corrected chi connectivity index (χ0v) is 13.4. The predicted octanol–water partition coefficient (Wildman–Crippen LogP) is 3.32. The van der Waals surface area contributed by atoms with Crippen LogP contribution in [0.4, 0.5) is 0 Å². The van der Waals surface area contributed by atoms with Crippen LogP contribution in [0, 0.1) is 11.3 Å². The Labute approximate surface area is 124 Å². The minimum atomic E-state index is -0.106. The molecule has 3 nitrogen and oxygen atoms in total. The number of hydrogen-bond donors (Lipinski definition) is 1. The molecule has 1 amide bonds. The summed E-state index contributed by atoms with van der Waals surface area (Å²) in [6.07, 6.45) is 10.7. The first kappa shape index (κ1) is 15.8. The molecule has 2 unspecified atom stereocenters. The van der Waals surface area contributed by atoms with Crippen LogP contribution in [0.5, 0.6) is 0 Å². The minimum Gasteiger partial charge on any atom is -0.339 e. The van der Waals surface area contributed by atoms with Crippen molar-refractivity contribution < 1.29 is 4.79 Å². The lowest BCUT2D eigenvalue weighted by Crippen LogP contribution is -2.52. The molecule has 2 aliphatic rings. The number of hydrogen-bond acceptors (Lipinski definition) is 2. The molecule has 0 spiro atoms. The standard InChI is InChI=1S/C17H32N2O/c1-3-19(15-10-6-5-9-14(15)13-18)16(20)17(2)11-7-4-8-12-17/h14-15H,3-13,18H2,1-2H3. The van der Waals surface area contributed by atoms with Crippen LogP contribution in [0.1, 0.15) is 71.6 Å². The van der Waals surface area contributed by atoms with Gasteiger partial charge in [0, 0.05) is 18.0 Å². The highest BCUT2D eigenvalue weighted by atomic mass is 16.2. The van der Waals surface area contributed by atoms with E-state index in [9.17, 15) is 4.79 Å². The predicted molar refractivity (Wildman–Crippen MR) is 83.4 cm³/mol. The van der Waals surface area contributed by atoms with Crippen molar-refractivity contribution in [3.63, 3.8) is 0 Å². The van der Waals surface area contributed by atoms with Gasteiger partial charge in [-0.1, -0.05) is 39.0 Å². The van der Waals surface area contributed by atoms with Crippen LogP contribution < -0.4 is 5.73 Å². The lowest BCUT2D eigenvalue weighted by atomic mass is 9.73. The minimum absolute atomic E-state index is 0.106. The lowest BCUT2D eigenvalue weighted by molar-refractivity contribution is -0.147. The fourth-order valence-electron chi connectivity index (χ4n) is 4.29. The largest absolute Gasteiger partial charge is 0.339 e. The molecule has 0 bridgehead atoms. The summed E-state index contributed by atoms with van der Waals surface area (Å²) >= 11 is 0. The van der Waals surface area contributed by atoms with Gasteiger partial charge in [0.1, 0.15) is 0 Å². The van der Waals surface area contributed by atoms with Crippen molar-refractivity contribution >= 4 is 5.91 Å². The van der Waals surface area contributed by atoms with Crippen molar-refractivity contribution in [2.45, 2.75) is 77.7 Å². The van der Waals surface area contributed by atoms with Crippen molar-refractivity contribution in [2.24, 2.45) is 17.1 Å².